The van der Waals surface area contributed by atoms with Crippen LogP contribution >= 0.6 is 0 Å². The van der Waals surface area contributed by atoms with E-state index in [1.54, 1.807) is 6.08 Å². The van der Waals surface area contributed by atoms with E-state index in [-0.39, 0.29) is 36.1 Å². The second kappa shape index (κ2) is 12.2. The Kier molecular flexibility index (Phi) is 8.77. The summed E-state index contributed by atoms with van der Waals surface area (Å²) in [5.74, 6) is -2.07. The second-order valence-corrected chi connectivity index (χ2v) is 12.5. The van der Waals surface area contributed by atoms with Gasteiger partial charge in [0.2, 0.25) is 5.91 Å². The number of hydrogen-bond donors (Lipinski definition) is 6. The molecular formula is C34H44N4O6. The third kappa shape index (κ3) is 6.19. The SMILES string of the molecule is C=CC1=C(C)[C@@H](Cc2[nH]c(Cc3[nH]c(/C=C4/NC(=O)[C@H](C)[C@H]4CC)c(C)c3CCC(=O)O)c(CC[C@@]3(O)CO3)c2C)NC1=O. The normalized spacial score (nSPS) is 25.6. The molecular weight excluding hydrogens is 560 g/mol. The van der Waals surface area contributed by atoms with Crippen molar-refractivity contribution in [3.8, 4) is 0 Å². The van der Waals surface area contributed by atoms with Crippen molar-refractivity contribution in [1.29, 1.82) is 0 Å². The third-order valence-corrected chi connectivity index (χ3v) is 9.80. The van der Waals surface area contributed by atoms with Crippen LogP contribution in [0.1, 0.15) is 85.1 Å². The van der Waals surface area contributed by atoms with E-state index in [0.29, 0.717) is 44.3 Å². The molecule has 2 amide bonds. The van der Waals surface area contributed by atoms with Crippen molar-refractivity contribution < 1.29 is 29.3 Å². The average molecular weight is 605 g/mol. The Morgan fingerprint density at radius 2 is 1.77 bits per heavy atom. The largest absolute Gasteiger partial charge is 0.481 e. The summed E-state index contributed by atoms with van der Waals surface area (Å²) in [5, 5.41) is 26.0. The number of nitrogens with one attached hydrogen (secondary N) is 4. The average Bonchev–Trinajstić information content (AvgIpc) is 3.27. The number of aromatic amines is 2. The molecule has 6 N–H and O–H groups in total. The molecule has 5 heterocycles. The van der Waals surface area contributed by atoms with Crippen LogP contribution in [0, 0.1) is 25.7 Å². The monoisotopic (exact) mass is 604 g/mol. The van der Waals surface area contributed by atoms with Gasteiger partial charge in [-0.1, -0.05) is 26.5 Å². The van der Waals surface area contributed by atoms with Crippen molar-refractivity contribution in [3.63, 3.8) is 0 Å². The number of epoxide rings is 1. The summed E-state index contributed by atoms with van der Waals surface area (Å²) in [6.07, 6.45) is 6.93. The fourth-order valence-corrected chi connectivity index (χ4v) is 6.81. The number of aliphatic carboxylic acids is 1. The molecule has 0 aliphatic carbocycles. The molecule has 0 aromatic carbocycles. The van der Waals surface area contributed by atoms with Crippen molar-refractivity contribution in [1.82, 2.24) is 20.6 Å². The topological polar surface area (TPSA) is 160 Å². The number of carboxylic acids is 1. The van der Waals surface area contributed by atoms with E-state index >= 15 is 0 Å². The molecule has 0 saturated carbocycles. The molecule has 3 aliphatic rings. The van der Waals surface area contributed by atoms with Gasteiger partial charge in [0.1, 0.15) is 6.61 Å². The lowest BCUT2D eigenvalue weighted by Gasteiger charge is -2.12. The maximum absolute atomic E-state index is 12.4. The predicted molar refractivity (Wildman–Crippen MR) is 167 cm³/mol. The Morgan fingerprint density at radius 1 is 1.09 bits per heavy atom. The van der Waals surface area contributed by atoms with E-state index in [1.165, 1.54) is 0 Å². The molecule has 236 valence electrons. The number of carboxylic acid groups (broad SMARTS) is 1. The van der Waals surface area contributed by atoms with Crippen LogP contribution in [0.2, 0.25) is 0 Å². The van der Waals surface area contributed by atoms with Crippen LogP contribution in [0.3, 0.4) is 0 Å². The van der Waals surface area contributed by atoms with Gasteiger partial charge in [-0.15, -0.1) is 0 Å². The summed E-state index contributed by atoms with van der Waals surface area (Å²) >= 11 is 0. The van der Waals surface area contributed by atoms with Crippen molar-refractivity contribution in [3.05, 3.63) is 74.5 Å². The van der Waals surface area contributed by atoms with Crippen LogP contribution < -0.4 is 10.6 Å². The molecule has 10 nitrogen and oxygen atoms in total. The molecule has 2 aromatic rings. The number of amides is 2. The zero-order valence-corrected chi connectivity index (χ0v) is 26.3. The van der Waals surface area contributed by atoms with Crippen molar-refractivity contribution in [2.75, 3.05) is 6.61 Å². The fourth-order valence-electron chi connectivity index (χ4n) is 6.81. The van der Waals surface area contributed by atoms with E-state index in [0.717, 1.165) is 62.7 Å². The molecule has 5 rings (SSSR count). The van der Waals surface area contributed by atoms with Gasteiger partial charge >= 0.3 is 5.97 Å². The van der Waals surface area contributed by atoms with Gasteiger partial charge in [-0.2, -0.15) is 0 Å². The summed E-state index contributed by atoms with van der Waals surface area (Å²) < 4.78 is 5.25. The third-order valence-electron chi connectivity index (χ3n) is 9.80. The summed E-state index contributed by atoms with van der Waals surface area (Å²) in [6.45, 7) is 14.1. The lowest BCUT2D eigenvalue weighted by Crippen LogP contribution is -2.30. The van der Waals surface area contributed by atoms with E-state index in [1.807, 2.05) is 26.8 Å². The molecule has 0 unspecified atom stereocenters. The van der Waals surface area contributed by atoms with Crippen LogP contribution in [-0.2, 0) is 44.8 Å². The van der Waals surface area contributed by atoms with Crippen molar-refractivity contribution >= 4 is 23.9 Å². The number of rotatable bonds is 13. The van der Waals surface area contributed by atoms with Gasteiger partial charge in [0.25, 0.3) is 5.91 Å². The molecule has 2 saturated heterocycles. The van der Waals surface area contributed by atoms with Crippen molar-refractivity contribution in [2.45, 2.75) is 91.4 Å². The maximum atomic E-state index is 12.4. The van der Waals surface area contributed by atoms with Crippen molar-refractivity contribution in [2.24, 2.45) is 11.8 Å². The number of ether oxygens (including phenoxy) is 1. The number of H-pyrrole nitrogens is 2. The zero-order chi connectivity index (χ0) is 31.9. The molecule has 0 radical (unpaired) electrons. The Labute approximate surface area is 258 Å². The molecule has 3 aliphatic heterocycles. The summed E-state index contributed by atoms with van der Waals surface area (Å²) in [5.41, 5.74) is 10.3. The van der Waals surface area contributed by atoms with E-state index in [2.05, 4.69) is 41.0 Å². The quantitative estimate of drug-likeness (QED) is 0.190. The van der Waals surface area contributed by atoms with Crippen LogP contribution in [0.25, 0.3) is 6.08 Å². The minimum atomic E-state index is -1.09. The molecule has 2 fully saturated rings. The highest BCUT2D eigenvalue weighted by molar-refractivity contribution is 6.00. The Morgan fingerprint density at radius 3 is 2.39 bits per heavy atom. The predicted octanol–water partition coefficient (Wildman–Crippen LogP) is 3.90. The maximum Gasteiger partial charge on any atom is 0.303 e. The first-order valence-corrected chi connectivity index (χ1v) is 15.5. The lowest BCUT2D eigenvalue weighted by molar-refractivity contribution is -0.137. The summed E-state index contributed by atoms with van der Waals surface area (Å²) in [6, 6.07) is -0.155. The highest BCUT2D eigenvalue weighted by atomic mass is 16.7. The number of carbonyl (C=O) groups is 3. The van der Waals surface area contributed by atoms with Crippen LogP contribution in [-0.4, -0.2) is 56.4 Å². The van der Waals surface area contributed by atoms with Gasteiger partial charge in [0, 0.05) is 71.6 Å². The number of aromatic nitrogens is 2. The minimum Gasteiger partial charge on any atom is -0.481 e. The number of hydrogen-bond acceptors (Lipinski definition) is 5. The first-order valence-electron chi connectivity index (χ1n) is 15.5. The van der Waals surface area contributed by atoms with E-state index in [4.69, 9.17) is 4.74 Å². The molecule has 44 heavy (non-hydrogen) atoms. The van der Waals surface area contributed by atoms with Crippen LogP contribution in [0.15, 0.2) is 29.5 Å². The van der Waals surface area contributed by atoms with E-state index in [9.17, 15) is 24.6 Å². The fraction of sp³-hybridized carbons (Fsp3) is 0.500. The Balaban J connectivity index is 1.51. The smallest absolute Gasteiger partial charge is 0.303 e. The van der Waals surface area contributed by atoms with Gasteiger partial charge in [-0.05, 0) is 73.9 Å². The summed E-state index contributed by atoms with van der Waals surface area (Å²) in [7, 11) is 0. The highest BCUT2D eigenvalue weighted by Crippen LogP contribution is 2.35. The lowest BCUT2D eigenvalue weighted by atomic mass is 9.92. The summed E-state index contributed by atoms with van der Waals surface area (Å²) in [4.78, 5) is 43.7. The minimum absolute atomic E-state index is 0.00206. The van der Waals surface area contributed by atoms with Gasteiger partial charge in [-0.3, -0.25) is 14.4 Å². The Hall–Kier alpha value is -3.89. The number of carbonyl (C=O) groups excluding carboxylic acids is 2. The Bertz CT molecular complexity index is 1570. The highest BCUT2D eigenvalue weighted by Gasteiger charge is 2.42. The standard InChI is InChI=1S/C34H44N4O6/c1-7-21-20(6)32(41)38-28(21)14-26-18(4)23(9-10-31(39)40)29(36-26)15-30-24(11-12-34(43)16-44-34)19(5)25(35-30)13-27-17(3)22(8-2)33(42)37-27/h8,14,20-21,27,35-36,43H,2,7,9-13,15-16H2,1,3-6H3,(H,37,42)(H,38,41)(H,39,40)/b28-14+/t20-,21-,27-,34+/m1/s1. The molecule has 0 bridgehead atoms. The van der Waals surface area contributed by atoms with E-state index < -0.39 is 11.8 Å². The number of allylic oxidation sites excluding steroid dienone is 1. The molecule has 0 spiro atoms. The first-order chi connectivity index (χ1) is 20.9. The van der Waals surface area contributed by atoms with Gasteiger partial charge in [0.05, 0.1) is 6.04 Å². The zero-order valence-electron chi connectivity index (χ0n) is 26.3. The van der Waals surface area contributed by atoms with Gasteiger partial charge in [0.15, 0.2) is 5.79 Å². The second-order valence-electron chi connectivity index (χ2n) is 12.5. The molecule has 10 heteroatoms. The molecule has 4 atom stereocenters. The van der Waals surface area contributed by atoms with Gasteiger partial charge in [-0.25, -0.2) is 0 Å². The van der Waals surface area contributed by atoms with Crippen LogP contribution in [0.4, 0.5) is 0 Å². The molecule has 2 aromatic heterocycles. The van der Waals surface area contributed by atoms with Gasteiger partial charge < -0.3 is 35.6 Å². The van der Waals surface area contributed by atoms with Crippen LogP contribution in [0.5, 0.6) is 0 Å². The first kappa shape index (κ1) is 31.5. The number of aliphatic hydroxyl groups is 1.